The largest absolute Gasteiger partial charge is 0.392 e. The molecule has 1 aliphatic heterocycles. The van der Waals surface area contributed by atoms with Crippen LogP contribution in [0.5, 0.6) is 0 Å². The number of aliphatic hydroxyl groups excluding tert-OH is 4. The second-order valence-electron chi connectivity index (χ2n) is 15.0. The molecule has 0 spiro atoms. The van der Waals surface area contributed by atoms with E-state index in [1.165, 1.54) is 0 Å². The molecule has 0 radical (unpaired) electrons. The van der Waals surface area contributed by atoms with Crippen molar-refractivity contribution in [3.8, 4) is 0 Å². The molecule has 3 saturated carbocycles. The molecule has 0 bridgehead atoms. The van der Waals surface area contributed by atoms with Crippen LogP contribution in [0.3, 0.4) is 0 Å². The zero-order valence-corrected chi connectivity index (χ0v) is 27.0. The van der Waals surface area contributed by atoms with Crippen molar-refractivity contribution in [2.24, 2.45) is 40.7 Å². The fourth-order valence-electron chi connectivity index (χ4n) is 9.20. The lowest BCUT2D eigenvalue weighted by Gasteiger charge is -2.48. The summed E-state index contributed by atoms with van der Waals surface area (Å²) in [5.41, 5.74) is 6.15. The minimum atomic E-state index is -0.898. The van der Waals surface area contributed by atoms with Crippen molar-refractivity contribution in [1.29, 1.82) is 0 Å². The van der Waals surface area contributed by atoms with Gasteiger partial charge in [0.15, 0.2) is 0 Å². The van der Waals surface area contributed by atoms with Gasteiger partial charge in [-0.25, -0.2) is 0 Å². The monoisotopic (exact) mass is 610 g/mol. The van der Waals surface area contributed by atoms with Gasteiger partial charge in [0.1, 0.15) is 11.9 Å². The molecule has 43 heavy (non-hydrogen) atoms. The third-order valence-corrected chi connectivity index (χ3v) is 11.5. The maximum absolute atomic E-state index is 14.4. The lowest BCUT2D eigenvalue weighted by Crippen LogP contribution is -2.53. The van der Waals surface area contributed by atoms with Gasteiger partial charge in [0.05, 0.1) is 36.7 Å². The van der Waals surface area contributed by atoms with Crippen molar-refractivity contribution in [2.75, 3.05) is 20.3 Å². The summed E-state index contributed by atoms with van der Waals surface area (Å²) in [6.45, 7) is 5.50. The first-order valence-corrected chi connectivity index (χ1v) is 17.4. The van der Waals surface area contributed by atoms with Gasteiger partial charge in [-0.05, 0) is 113 Å². The Morgan fingerprint density at radius 1 is 0.953 bits per heavy atom. The molecule has 250 valence electrons. The summed E-state index contributed by atoms with van der Waals surface area (Å²) in [5.74, 6) is 0.809. The van der Waals surface area contributed by atoms with E-state index in [9.17, 15) is 25.2 Å². The number of Topliss-reactive ketones (excluding diaryl/α,β-unsaturated/α-hetero) is 1. The molecular formula is C34H62N2O7. The Balaban J connectivity index is 1.47. The standard InChI is InChI=1S/C34H62N2O7/c1-21(2)20-43-30-18-23(16-28(40)33(30)41)8-11-27(39)32(26(38)10-7-22-6-9-25(37)29(17-22)42-3)34(13-4-5-14-34)24-12-15-36-31(35)19-24/h21-26,28-33,36-38,40-41H,4-20,35H2,1-3H3. The van der Waals surface area contributed by atoms with Crippen LogP contribution in [0.4, 0.5) is 0 Å². The highest BCUT2D eigenvalue weighted by molar-refractivity contribution is 5.82. The topological polar surface area (TPSA) is 154 Å². The van der Waals surface area contributed by atoms with E-state index in [0.29, 0.717) is 62.9 Å². The molecule has 0 amide bonds. The van der Waals surface area contributed by atoms with Crippen molar-refractivity contribution >= 4 is 5.78 Å². The number of hydrogen-bond acceptors (Lipinski definition) is 9. The number of nitrogens with one attached hydrogen (secondary N) is 1. The smallest absolute Gasteiger partial charge is 0.139 e. The minimum absolute atomic E-state index is 0.0818. The molecule has 1 heterocycles. The number of carbonyl (C=O) groups is 1. The van der Waals surface area contributed by atoms with E-state index in [1.807, 2.05) is 0 Å². The lowest BCUT2D eigenvalue weighted by atomic mass is 9.58. The van der Waals surface area contributed by atoms with Crippen LogP contribution in [0.25, 0.3) is 0 Å². The van der Waals surface area contributed by atoms with E-state index >= 15 is 0 Å². The van der Waals surface area contributed by atoms with Crippen LogP contribution < -0.4 is 11.1 Å². The average Bonchev–Trinajstić information content (AvgIpc) is 3.47. The number of ether oxygens (including phenoxy) is 2. The maximum Gasteiger partial charge on any atom is 0.139 e. The summed E-state index contributed by atoms with van der Waals surface area (Å²) >= 11 is 0. The number of rotatable bonds is 14. The predicted molar refractivity (Wildman–Crippen MR) is 166 cm³/mol. The number of methoxy groups -OCH3 is 1. The molecule has 1 saturated heterocycles. The highest BCUT2D eigenvalue weighted by Gasteiger charge is 2.53. The summed E-state index contributed by atoms with van der Waals surface area (Å²) in [4.78, 5) is 14.4. The number of carbonyl (C=O) groups excluding carboxylic acids is 1. The molecule has 7 N–H and O–H groups in total. The predicted octanol–water partition coefficient (Wildman–Crippen LogP) is 3.29. The quantitative estimate of drug-likeness (QED) is 0.174. The Labute approximate surface area is 259 Å². The molecule has 4 rings (SSSR count). The van der Waals surface area contributed by atoms with Crippen molar-refractivity contribution in [3.05, 3.63) is 0 Å². The molecule has 11 atom stereocenters. The van der Waals surface area contributed by atoms with E-state index < -0.39 is 36.4 Å². The Bertz CT molecular complexity index is 853. The van der Waals surface area contributed by atoms with Crippen molar-refractivity contribution in [3.63, 3.8) is 0 Å². The number of aliphatic hydroxyl groups is 4. The average molecular weight is 611 g/mol. The van der Waals surface area contributed by atoms with E-state index in [1.54, 1.807) is 7.11 Å². The molecule has 9 nitrogen and oxygen atoms in total. The molecule has 11 unspecified atom stereocenters. The van der Waals surface area contributed by atoms with Crippen molar-refractivity contribution in [2.45, 2.75) is 153 Å². The summed E-state index contributed by atoms with van der Waals surface area (Å²) in [7, 11) is 1.65. The Morgan fingerprint density at radius 2 is 1.67 bits per heavy atom. The molecule has 3 aliphatic carbocycles. The molecule has 0 aromatic rings. The van der Waals surface area contributed by atoms with Gasteiger partial charge in [0, 0.05) is 26.1 Å². The van der Waals surface area contributed by atoms with Crippen LogP contribution in [-0.2, 0) is 14.3 Å². The van der Waals surface area contributed by atoms with Crippen LogP contribution in [0.1, 0.15) is 110 Å². The van der Waals surface area contributed by atoms with Gasteiger partial charge in [0.2, 0.25) is 0 Å². The first-order valence-electron chi connectivity index (χ1n) is 17.4. The normalized spacial score (nSPS) is 38.2. The Kier molecular flexibility index (Phi) is 13.3. The van der Waals surface area contributed by atoms with E-state index in [4.69, 9.17) is 15.2 Å². The summed E-state index contributed by atoms with van der Waals surface area (Å²) < 4.78 is 11.5. The summed E-state index contributed by atoms with van der Waals surface area (Å²) in [6, 6.07) is 0. The zero-order valence-electron chi connectivity index (χ0n) is 27.0. The number of piperidine rings is 1. The van der Waals surface area contributed by atoms with E-state index in [2.05, 4.69) is 19.2 Å². The SMILES string of the molecule is COC1CC(CCC(O)C(C(=O)CCC2CC(O)C(O)C(OCC(C)C)C2)C2(C3CCNC(N)C3)CCCC2)CCC1O. The first kappa shape index (κ1) is 35.2. The molecular weight excluding hydrogens is 548 g/mol. The molecule has 4 fully saturated rings. The number of hydrogen-bond donors (Lipinski definition) is 6. The van der Waals surface area contributed by atoms with Gasteiger partial charge in [-0.3, -0.25) is 4.79 Å². The zero-order chi connectivity index (χ0) is 31.1. The first-order chi connectivity index (χ1) is 20.5. The highest BCUT2D eigenvalue weighted by atomic mass is 16.5. The fourth-order valence-corrected chi connectivity index (χ4v) is 9.20. The van der Waals surface area contributed by atoms with Gasteiger partial charge in [-0.15, -0.1) is 0 Å². The lowest BCUT2D eigenvalue weighted by molar-refractivity contribution is -0.141. The van der Waals surface area contributed by atoms with E-state index in [-0.39, 0.29) is 29.4 Å². The third kappa shape index (κ3) is 9.00. The summed E-state index contributed by atoms with van der Waals surface area (Å²) in [5, 5.41) is 46.7. The molecule has 0 aromatic heterocycles. The Hall–Kier alpha value is -0.650. The minimum Gasteiger partial charge on any atom is -0.392 e. The highest BCUT2D eigenvalue weighted by Crippen LogP contribution is 2.55. The molecule has 0 aromatic carbocycles. The number of nitrogens with two attached hydrogens (primary N) is 1. The van der Waals surface area contributed by atoms with Gasteiger partial charge in [-0.2, -0.15) is 0 Å². The van der Waals surface area contributed by atoms with Crippen LogP contribution in [0.15, 0.2) is 0 Å². The fraction of sp³-hybridized carbons (Fsp3) is 0.971. The van der Waals surface area contributed by atoms with Crippen LogP contribution in [0.2, 0.25) is 0 Å². The molecule has 4 aliphatic rings. The van der Waals surface area contributed by atoms with Crippen LogP contribution in [-0.4, -0.2) is 89.3 Å². The van der Waals surface area contributed by atoms with Gasteiger partial charge < -0.3 is 41.0 Å². The third-order valence-electron chi connectivity index (χ3n) is 11.5. The summed E-state index contributed by atoms with van der Waals surface area (Å²) in [6.07, 6.45) is 8.20. The van der Waals surface area contributed by atoms with Crippen molar-refractivity contribution in [1.82, 2.24) is 5.32 Å². The van der Waals surface area contributed by atoms with Crippen molar-refractivity contribution < 1.29 is 34.7 Å². The van der Waals surface area contributed by atoms with Gasteiger partial charge >= 0.3 is 0 Å². The second kappa shape index (κ2) is 16.3. The van der Waals surface area contributed by atoms with Crippen LogP contribution >= 0.6 is 0 Å². The molecule has 9 heteroatoms. The van der Waals surface area contributed by atoms with Gasteiger partial charge in [-0.1, -0.05) is 26.7 Å². The number of ketones is 1. The van der Waals surface area contributed by atoms with E-state index in [0.717, 1.165) is 64.3 Å². The maximum atomic E-state index is 14.4. The van der Waals surface area contributed by atoms with Gasteiger partial charge in [0.25, 0.3) is 0 Å². The Morgan fingerprint density at radius 3 is 2.35 bits per heavy atom. The second-order valence-corrected chi connectivity index (χ2v) is 15.0. The van der Waals surface area contributed by atoms with Crippen LogP contribution in [0, 0.1) is 35.0 Å².